The topological polar surface area (TPSA) is 80.2 Å². The zero-order valence-electron chi connectivity index (χ0n) is 17.6. The number of imide groups is 1. The van der Waals surface area contributed by atoms with E-state index < -0.39 is 23.4 Å². The van der Waals surface area contributed by atoms with Crippen LogP contribution in [0.2, 0.25) is 0 Å². The number of benzene rings is 1. The first-order valence-electron chi connectivity index (χ1n) is 9.23. The summed E-state index contributed by atoms with van der Waals surface area (Å²) in [5.74, 6) is 0. The molecule has 0 aromatic heterocycles. The zero-order chi connectivity index (χ0) is 21.1. The van der Waals surface area contributed by atoms with Crippen LogP contribution in [0.5, 0.6) is 0 Å². The van der Waals surface area contributed by atoms with Crippen molar-refractivity contribution in [3.63, 3.8) is 0 Å². The van der Waals surface area contributed by atoms with Crippen LogP contribution < -0.4 is 5.32 Å². The Labute approximate surface area is 166 Å². The van der Waals surface area contributed by atoms with Crippen molar-refractivity contribution in [2.24, 2.45) is 4.99 Å². The van der Waals surface area contributed by atoms with E-state index in [-0.39, 0.29) is 11.9 Å². The van der Waals surface area contributed by atoms with Gasteiger partial charge in [0.25, 0.3) is 0 Å². The van der Waals surface area contributed by atoms with Crippen LogP contribution in [-0.2, 0) is 9.47 Å². The smallest absolute Gasteiger partial charge is 0.424 e. The molecule has 2 rings (SSSR count). The highest BCUT2D eigenvalue weighted by Crippen LogP contribution is 2.23. The Kier molecular flexibility index (Phi) is 6.17. The SMILES string of the molecule is CC1N=C(c2ccccc2)C(N(C(=O)OC(C)(C)C)C(=O)OC(C)(C)C)=CN1. The van der Waals surface area contributed by atoms with Gasteiger partial charge in [-0.1, -0.05) is 30.3 Å². The lowest BCUT2D eigenvalue weighted by molar-refractivity contribution is 0.00927. The summed E-state index contributed by atoms with van der Waals surface area (Å²) in [5, 5.41) is 3.04. The standard InChI is InChI=1S/C21H29N3O4/c1-14-22-13-16(17(23-14)15-11-9-8-10-12-15)24(18(25)27-20(2,3)4)19(26)28-21(5,6)7/h8-14,22H,1-7H3. The van der Waals surface area contributed by atoms with E-state index in [1.165, 1.54) is 0 Å². The fourth-order valence-electron chi connectivity index (χ4n) is 2.44. The predicted octanol–water partition coefficient (Wildman–Crippen LogP) is 4.44. The van der Waals surface area contributed by atoms with Crippen molar-refractivity contribution in [2.45, 2.75) is 65.8 Å². The molecule has 1 N–H and O–H groups in total. The predicted molar refractivity (Wildman–Crippen MR) is 108 cm³/mol. The van der Waals surface area contributed by atoms with Crippen LogP contribution in [0.3, 0.4) is 0 Å². The Morgan fingerprint density at radius 2 is 1.46 bits per heavy atom. The van der Waals surface area contributed by atoms with Crippen molar-refractivity contribution in [3.05, 3.63) is 47.8 Å². The highest BCUT2D eigenvalue weighted by atomic mass is 16.6. The summed E-state index contributed by atoms with van der Waals surface area (Å²) in [6.07, 6.45) is -0.271. The average molecular weight is 387 g/mol. The van der Waals surface area contributed by atoms with Gasteiger partial charge in [0.1, 0.15) is 23.1 Å². The first-order valence-corrected chi connectivity index (χ1v) is 9.23. The molecule has 7 heteroatoms. The number of hydrogen-bond donors (Lipinski definition) is 1. The van der Waals surface area contributed by atoms with Crippen LogP contribution in [0, 0.1) is 0 Å². The van der Waals surface area contributed by atoms with Gasteiger partial charge in [-0.05, 0) is 48.5 Å². The molecule has 2 amide bonds. The van der Waals surface area contributed by atoms with E-state index in [4.69, 9.17) is 9.47 Å². The quantitative estimate of drug-likeness (QED) is 0.811. The second kappa shape index (κ2) is 8.04. The Balaban J connectivity index is 2.49. The second-order valence-corrected chi connectivity index (χ2v) is 8.51. The van der Waals surface area contributed by atoms with Gasteiger partial charge in [-0.15, -0.1) is 0 Å². The summed E-state index contributed by atoms with van der Waals surface area (Å²) < 4.78 is 10.9. The van der Waals surface area contributed by atoms with E-state index in [1.807, 2.05) is 37.3 Å². The number of ether oxygens (including phenoxy) is 2. The van der Waals surface area contributed by atoms with E-state index in [1.54, 1.807) is 47.7 Å². The lowest BCUT2D eigenvalue weighted by atomic mass is 10.1. The molecule has 1 unspecified atom stereocenters. The molecule has 7 nitrogen and oxygen atoms in total. The number of carbonyl (C=O) groups is 2. The van der Waals surface area contributed by atoms with Crippen LogP contribution in [-0.4, -0.2) is 40.2 Å². The molecular weight excluding hydrogens is 358 g/mol. The summed E-state index contributed by atoms with van der Waals surface area (Å²) in [7, 11) is 0. The first-order chi connectivity index (χ1) is 12.9. The number of allylic oxidation sites excluding steroid dienone is 1. The van der Waals surface area contributed by atoms with Gasteiger partial charge in [0.2, 0.25) is 0 Å². The largest absolute Gasteiger partial charge is 0.443 e. The Hall–Kier alpha value is -2.83. The molecule has 0 fully saturated rings. The summed E-state index contributed by atoms with van der Waals surface area (Å²) >= 11 is 0. The van der Waals surface area contributed by atoms with Crippen LogP contribution >= 0.6 is 0 Å². The third-order valence-electron chi connectivity index (χ3n) is 3.47. The van der Waals surface area contributed by atoms with Crippen molar-refractivity contribution >= 4 is 17.9 Å². The van der Waals surface area contributed by atoms with Gasteiger partial charge >= 0.3 is 12.2 Å². The molecule has 1 aliphatic rings. The van der Waals surface area contributed by atoms with Crippen molar-refractivity contribution in [2.75, 3.05) is 0 Å². The highest BCUT2D eigenvalue weighted by Gasteiger charge is 2.37. The van der Waals surface area contributed by atoms with Gasteiger partial charge in [0.15, 0.2) is 0 Å². The third-order valence-corrected chi connectivity index (χ3v) is 3.47. The number of amides is 2. The van der Waals surface area contributed by atoms with Gasteiger partial charge < -0.3 is 14.8 Å². The minimum Gasteiger partial charge on any atom is -0.443 e. The maximum atomic E-state index is 12.9. The lowest BCUT2D eigenvalue weighted by Gasteiger charge is -2.32. The number of aliphatic imine (C=N–C) groups is 1. The van der Waals surface area contributed by atoms with Gasteiger partial charge in [-0.3, -0.25) is 4.99 Å². The summed E-state index contributed by atoms with van der Waals surface area (Å²) in [6, 6.07) is 9.36. The van der Waals surface area contributed by atoms with Crippen molar-refractivity contribution in [3.8, 4) is 0 Å². The zero-order valence-corrected chi connectivity index (χ0v) is 17.6. The molecule has 0 bridgehead atoms. The fraction of sp³-hybridized carbons (Fsp3) is 0.476. The summed E-state index contributed by atoms with van der Waals surface area (Å²) in [5.41, 5.74) is -0.00935. The molecule has 1 atom stereocenters. The van der Waals surface area contributed by atoms with E-state index in [0.29, 0.717) is 5.71 Å². The molecule has 0 aliphatic carbocycles. The number of rotatable bonds is 2. The second-order valence-electron chi connectivity index (χ2n) is 8.51. The van der Waals surface area contributed by atoms with Crippen molar-refractivity contribution in [1.29, 1.82) is 0 Å². The Morgan fingerprint density at radius 1 is 0.964 bits per heavy atom. The number of hydrogen-bond acceptors (Lipinski definition) is 6. The van der Waals surface area contributed by atoms with E-state index in [9.17, 15) is 9.59 Å². The molecule has 0 spiro atoms. The summed E-state index contributed by atoms with van der Waals surface area (Å²) in [6.45, 7) is 12.3. The number of carbonyl (C=O) groups excluding carboxylic acids is 2. The molecule has 152 valence electrons. The third kappa shape index (κ3) is 5.84. The van der Waals surface area contributed by atoms with Crippen LogP contribution in [0.15, 0.2) is 47.2 Å². The fourth-order valence-corrected chi connectivity index (χ4v) is 2.44. The van der Waals surface area contributed by atoms with E-state index >= 15 is 0 Å². The molecule has 1 aromatic rings. The monoisotopic (exact) mass is 387 g/mol. The van der Waals surface area contributed by atoms with Crippen molar-refractivity contribution in [1.82, 2.24) is 10.2 Å². The highest BCUT2D eigenvalue weighted by molar-refractivity contribution is 6.16. The van der Waals surface area contributed by atoms with Gasteiger partial charge in [-0.25, -0.2) is 9.59 Å². The maximum absolute atomic E-state index is 12.9. The summed E-state index contributed by atoms with van der Waals surface area (Å²) in [4.78, 5) is 31.3. The molecule has 28 heavy (non-hydrogen) atoms. The van der Waals surface area contributed by atoms with Crippen LogP contribution in [0.25, 0.3) is 0 Å². The molecule has 1 aromatic carbocycles. The van der Waals surface area contributed by atoms with E-state index in [2.05, 4.69) is 10.3 Å². The van der Waals surface area contributed by atoms with E-state index in [0.717, 1.165) is 10.5 Å². The number of nitrogens with zero attached hydrogens (tertiary/aromatic N) is 2. The lowest BCUT2D eigenvalue weighted by Crippen LogP contribution is -2.46. The molecule has 0 saturated carbocycles. The minimum absolute atomic E-state index is 0.210. The van der Waals surface area contributed by atoms with Crippen LogP contribution in [0.1, 0.15) is 54.0 Å². The molecule has 1 heterocycles. The molecule has 0 saturated heterocycles. The van der Waals surface area contributed by atoms with Crippen molar-refractivity contribution < 1.29 is 19.1 Å². The normalized spacial score (nSPS) is 17.0. The van der Waals surface area contributed by atoms with Gasteiger partial charge in [0.05, 0.1) is 5.71 Å². The first kappa shape index (κ1) is 21.5. The Bertz CT molecular complexity index is 758. The minimum atomic E-state index is -0.826. The molecule has 0 radical (unpaired) electrons. The maximum Gasteiger partial charge on any atom is 0.424 e. The molecule has 1 aliphatic heterocycles. The average Bonchev–Trinajstić information content (AvgIpc) is 2.54. The van der Waals surface area contributed by atoms with Gasteiger partial charge in [-0.2, -0.15) is 4.90 Å². The number of nitrogens with one attached hydrogen (secondary N) is 1. The van der Waals surface area contributed by atoms with Gasteiger partial charge in [0, 0.05) is 11.8 Å². The Morgan fingerprint density at radius 3 is 1.93 bits per heavy atom. The van der Waals surface area contributed by atoms with Crippen LogP contribution in [0.4, 0.5) is 9.59 Å². The molecular formula is C21H29N3O4.